The van der Waals surface area contributed by atoms with Gasteiger partial charge < -0.3 is 11.1 Å². The summed E-state index contributed by atoms with van der Waals surface area (Å²) < 4.78 is 14.3. The minimum Gasteiger partial charge on any atom is -0.383 e. The zero-order valence-corrected chi connectivity index (χ0v) is 15.8. The van der Waals surface area contributed by atoms with Gasteiger partial charge in [-0.3, -0.25) is 4.98 Å². The van der Waals surface area contributed by atoms with Gasteiger partial charge in [-0.15, -0.1) is 0 Å². The predicted octanol–water partition coefficient (Wildman–Crippen LogP) is 5.23. The summed E-state index contributed by atoms with van der Waals surface area (Å²) in [6.07, 6.45) is 12.4. The lowest BCUT2D eigenvalue weighted by Gasteiger charge is -2.10. The highest BCUT2D eigenvalue weighted by Gasteiger charge is 2.09. The first-order valence-corrected chi connectivity index (χ1v) is 9.13. The lowest BCUT2D eigenvalue weighted by atomic mass is 10.0. The molecule has 0 spiro atoms. The molecule has 4 nitrogen and oxygen atoms in total. The molecule has 2 aromatic carbocycles. The molecule has 0 unspecified atom stereocenters. The van der Waals surface area contributed by atoms with Crippen LogP contribution >= 0.6 is 0 Å². The van der Waals surface area contributed by atoms with Crippen molar-refractivity contribution < 1.29 is 4.39 Å². The average molecular weight is 384 g/mol. The van der Waals surface area contributed by atoms with Crippen LogP contribution in [0.1, 0.15) is 11.1 Å². The highest BCUT2D eigenvalue weighted by atomic mass is 19.1. The van der Waals surface area contributed by atoms with E-state index in [-0.39, 0.29) is 5.82 Å². The van der Waals surface area contributed by atoms with Crippen LogP contribution in [0.2, 0.25) is 0 Å². The van der Waals surface area contributed by atoms with Gasteiger partial charge in [-0.1, -0.05) is 48.6 Å². The molecule has 0 bridgehead atoms. The fourth-order valence-electron chi connectivity index (χ4n) is 2.81. The van der Waals surface area contributed by atoms with Crippen LogP contribution in [0.4, 0.5) is 10.1 Å². The third-order valence-electron chi connectivity index (χ3n) is 4.26. The SMILES string of the molecule is N=C/C=C\C=C\Cc1ccc(-c2ccccc2F)cc1N=C(N)c1cccnc1. The average Bonchev–Trinajstić information content (AvgIpc) is 2.75. The van der Waals surface area contributed by atoms with Crippen LogP contribution in [-0.2, 0) is 6.42 Å². The van der Waals surface area contributed by atoms with Crippen LogP contribution in [0.25, 0.3) is 11.1 Å². The summed E-state index contributed by atoms with van der Waals surface area (Å²) in [5.74, 6) is 0.0600. The zero-order chi connectivity index (χ0) is 20.5. The van der Waals surface area contributed by atoms with E-state index in [2.05, 4.69) is 9.98 Å². The van der Waals surface area contributed by atoms with Gasteiger partial charge in [-0.2, -0.15) is 0 Å². The Labute approximate surface area is 169 Å². The predicted molar refractivity (Wildman–Crippen MR) is 117 cm³/mol. The van der Waals surface area contributed by atoms with E-state index in [9.17, 15) is 4.39 Å². The second-order valence-electron chi connectivity index (χ2n) is 6.25. The van der Waals surface area contributed by atoms with Gasteiger partial charge in [0.1, 0.15) is 11.7 Å². The minimum absolute atomic E-state index is 0.285. The van der Waals surface area contributed by atoms with E-state index in [1.807, 2.05) is 36.4 Å². The molecule has 3 aromatic rings. The molecule has 0 radical (unpaired) electrons. The first-order valence-electron chi connectivity index (χ1n) is 9.13. The first kappa shape index (κ1) is 19.9. The molecule has 0 atom stereocenters. The normalized spacial score (nSPS) is 12.0. The Morgan fingerprint density at radius 3 is 2.69 bits per heavy atom. The second-order valence-corrected chi connectivity index (χ2v) is 6.25. The third kappa shape index (κ3) is 5.32. The molecule has 0 saturated heterocycles. The zero-order valence-electron chi connectivity index (χ0n) is 15.8. The van der Waals surface area contributed by atoms with Gasteiger partial charge >= 0.3 is 0 Å². The summed E-state index contributed by atoms with van der Waals surface area (Å²) in [5, 5.41) is 7.00. The highest BCUT2D eigenvalue weighted by molar-refractivity contribution is 5.99. The maximum Gasteiger partial charge on any atom is 0.132 e. The number of halogens is 1. The summed E-state index contributed by atoms with van der Waals surface area (Å²) in [6, 6.07) is 15.9. The molecule has 0 saturated carbocycles. The van der Waals surface area contributed by atoms with Crippen molar-refractivity contribution in [3.63, 3.8) is 0 Å². The Morgan fingerprint density at radius 2 is 1.93 bits per heavy atom. The van der Waals surface area contributed by atoms with Crippen LogP contribution in [0.5, 0.6) is 0 Å². The van der Waals surface area contributed by atoms with E-state index in [0.717, 1.165) is 16.7 Å². The van der Waals surface area contributed by atoms with E-state index in [4.69, 9.17) is 11.1 Å². The van der Waals surface area contributed by atoms with Gasteiger partial charge in [-0.25, -0.2) is 9.38 Å². The highest BCUT2D eigenvalue weighted by Crippen LogP contribution is 2.30. The largest absolute Gasteiger partial charge is 0.383 e. The molecule has 1 aromatic heterocycles. The van der Waals surface area contributed by atoms with Crippen LogP contribution in [-0.4, -0.2) is 17.0 Å². The molecular formula is C24H21FN4. The van der Waals surface area contributed by atoms with Crippen molar-refractivity contribution in [1.29, 1.82) is 5.41 Å². The van der Waals surface area contributed by atoms with Crippen molar-refractivity contribution in [2.24, 2.45) is 10.7 Å². The van der Waals surface area contributed by atoms with Gasteiger partial charge in [0, 0.05) is 29.7 Å². The Hall–Kier alpha value is -3.86. The second kappa shape index (κ2) is 9.90. The number of nitrogens with zero attached hydrogens (tertiary/aromatic N) is 2. The van der Waals surface area contributed by atoms with Gasteiger partial charge in [0.05, 0.1) is 5.69 Å². The Kier molecular flexibility index (Phi) is 6.79. The molecule has 29 heavy (non-hydrogen) atoms. The number of nitrogens with two attached hydrogens (primary N) is 1. The van der Waals surface area contributed by atoms with E-state index in [1.54, 1.807) is 48.8 Å². The van der Waals surface area contributed by atoms with Gasteiger partial charge in [0.2, 0.25) is 0 Å². The number of amidine groups is 1. The van der Waals surface area contributed by atoms with Crippen LogP contribution < -0.4 is 5.73 Å². The molecule has 0 fully saturated rings. The number of aliphatic imine (C=N–C) groups is 1. The summed E-state index contributed by atoms with van der Waals surface area (Å²) in [6.45, 7) is 0. The lowest BCUT2D eigenvalue weighted by molar-refractivity contribution is 0.631. The Bertz CT molecular complexity index is 1070. The molecule has 0 amide bonds. The van der Waals surface area contributed by atoms with E-state index >= 15 is 0 Å². The Balaban J connectivity index is 2.02. The van der Waals surface area contributed by atoms with E-state index < -0.39 is 0 Å². The molecule has 5 heteroatoms. The fourth-order valence-corrected chi connectivity index (χ4v) is 2.81. The van der Waals surface area contributed by atoms with Crippen LogP contribution in [0.3, 0.4) is 0 Å². The summed E-state index contributed by atoms with van der Waals surface area (Å²) >= 11 is 0. The topological polar surface area (TPSA) is 75.1 Å². The molecule has 0 aliphatic carbocycles. The van der Waals surface area contributed by atoms with E-state index in [1.165, 1.54) is 12.3 Å². The monoisotopic (exact) mass is 384 g/mol. The van der Waals surface area contributed by atoms with Crippen molar-refractivity contribution in [2.75, 3.05) is 0 Å². The molecule has 0 aliphatic rings. The molecule has 144 valence electrons. The minimum atomic E-state index is -0.285. The third-order valence-corrected chi connectivity index (χ3v) is 4.26. The number of benzene rings is 2. The maximum atomic E-state index is 14.3. The van der Waals surface area contributed by atoms with Crippen LogP contribution in [0.15, 0.2) is 96.3 Å². The maximum absolute atomic E-state index is 14.3. The smallest absolute Gasteiger partial charge is 0.132 e. The molecule has 1 heterocycles. The summed E-state index contributed by atoms with van der Waals surface area (Å²) in [4.78, 5) is 8.68. The van der Waals surface area contributed by atoms with Crippen molar-refractivity contribution in [2.45, 2.75) is 6.42 Å². The van der Waals surface area contributed by atoms with Crippen molar-refractivity contribution in [3.8, 4) is 11.1 Å². The number of rotatable bonds is 7. The standard InChI is InChI=1S/C24H21FN4/c25-22-11-5-4-10-21(22)19-13-12-18(8-3-1-2-6-14-26)23(16-19)29-24(27)20-9-7-15-28-17-20/h1-7,9-17,26H,8H2,(H2,27,29)/b3-1+,6-2-,26-14?. The van der Waals surface area contributed by atoms with E-state index in [0.29, 0.717) is 23.5 Å². The number of hydrogen-bond donors (Lipinski definition) is 2. The molecular weight excluding hydrogens is 363 g/mol. The quantitative estimate of drug-likeness (QED) is 0.332. The first-order chi connectivity index (χ1) is 14.2. The van der Waals surface area contributed by atoms with Crippen molar-refractivity contribution in [3.05, 3.63) is 108 Å². The fraction of sp³-hybridized carbons (Fsp3) is 0.0417. The molecule has 3 rings (SSSR count). The summed E-state index contributed by atoms with van der Waals surface area (Å²) in [7, 11) is 0. The number of hydrogen-bond acceptors (Lipinski definition) is 3. The Morgan fingerprint density at radius 1 is 1.07 bits per heavy atom. The number of nitrogens with one attached hydrogen (secondary N) is 1. The number of pyridine rings is 1. The summed E-state index contributed by atoms with van der Waals surface area (Å²) in [5.41, 5.74) is 9.79. The van der Waals surface area contributed by atoms with Gasteiger partial charge in [-0.05, 0) is 47.9 Å². The van der Waals surface area contributed by atoms with Gasteiger partial charge in [0.15, 0.2) is 0 Å². The van der Waals surface area contributed by atoms with Crippen molar-refractivity contribution in [1.82, 2.24) is 4.98 Å². The number of aromatic nitrogens is 1. The number of allylic oxidation sites excluding steroid dienone is 4. The molecule has 0 aliphatic heterocycles. The molecule has 3 N–H and O–H groups in total. The van der Waals surface area contributed by atoms with Gasteiger partial charge in [0.25, 0.3) is 0 Å². The lowest BCUT2D eigenvalue weighted by Crippen LogP contribution is -2.13. The van der Waals surface area contributed by atoms with Crippen LogP contribution in [0, 0.1) is 11.2 Å². The van der Waals surface area contributed by atoms with Crippen molar-refractivity contribution >= 4 is 17.7 Å².